The fraction of sp³-hybridized carbons (Fsp3) is 0.261. The van der Waals surface area contributed by atoms with Crippen molar-refractivity contribution < 1.29 is 24.2 Å². The Morgan fingerprint density at radius 2 is 1.81 bits per heavy atom. The first-order chi connectivity index (χ1) is 17.8. The summed E-state index contributed by atoms with van der Waals surface area (Å²) < 4.78 is 1.12. The lowest BCUT2D eigenvalue weighted by molar-refractivity contribution is -0.161. The van der Waals surface area contributed by atoms with Crippen LogP contribution in [0.4, 0.5) is 10.5 Å². The quantitative estimate of drug-likeness (QED) is 0.319. The van der Waals surface area contributed by atoms with Gasteiger partial charge in [-0.15, -0.1) is 5.10 Å². The monoisotopic (exact) mass is 564 g/mol. The number of likely N-dealkylation sites (tertiary alicyclic amines) is 1. The van der Waals surface area contributed by atoms with Gasteiger partial charge in [0.2, 0.25) is 0 Å². The van der Waals surface area contributed by atoms with Crippen molar-refractivity contribution in [3.05, 3.63) is 62.9 Å². The molecule has 1 saturated carbocycles. The number of carbonyl (C=O) groups excluding carboxylic acids is 3. The molecule has 11 nitrogen and oxygen atoms in total. The van der Waals surface area contributed by atoms with Crippen LogP contribution in [0.3, 0.4) is 0 Å². The molecule has 14 heteroatoms. The molecule has 0 unspecified atom stereocenters. The Kier molecular flexibility index (Phi) is 7.09. The van der Waals surface area contributed by atoms with E-state index in [2.05, 4.69) is 20.7 Å². The van der Waals surface area contributed by atoms with Crippen LogP contribution in [0.5, 0.6) is 5.88 Å². The van der Waals surface area contributed by atoms with Gasteiger partial charge >= 0.3 is 6.09 Å². The second kappa shape index (κ2) is 10.4. The van der Waals surface area contributed by atoms with E-state index in [4.69, 9.17) is 44.6 Å². The number of benzene rings is 1. The first-order valence-electron chi connectivity index (χ1n) is 11.3. The number of rotatable bonds is 7. The zero-order chi connectivity index (χ0) is 26.1. The first-order valence-corrected chi connectivity index (χ1v) is 12.4. The topological polar surface area (TPSA) is 128 Å². The largest absolute Gasteiger partial charge is 0.452 e. The van der Waals surface area contributed by atoms with Crippen molar-refractivity contribution in [1.29, 1.82) is 0 Å². The number of anilines is 1. The van der Waals surface area contributed by atoms with Gasteiger partial charge in [-0.1, -0.05) is 34.8 Å². The molecule has 0 bridgehead atoms. The van der Waals surface area contributed by atoms with Crippen LogP contribution in [0.25, 0.3) is 5.82 Å². The van der Waals surface area contributed by atoms with E-state index in [1.165, 1.54) is 29.3 Å². The summed E-state index contributed by atoms with van der Waals surface area (Å²) in [5.74, 6) is -1.23. The fourth-order valence-electron chi connectivity index (χ4n) is 3.43. The summed E-state index contributed by atoms with van der Waals surface area (Å²) in [5, 5.41) is 10.2. The van der Waals surface area contributed by atoms with E-state index in [0.717, 1.165) is 23.9 Å². The molecule has 2 fully saturated rings. The Bertz CT molecular complexity index is 1390. The van der Waals surface area contributed by atoms with Crippen LogP contribution in [0, 0.1) is 0 Å². The predicted octanol–water partition coefficient (Wildman–Crippen LogP) is 4.51. The molecular weight excluding hydrogens is 547 g/mol. The number of halogens is 3. The van der Waals surface area contributed by atoms with E-state index in [1.54, 1.807) is 12.1 Å². The van der Waals surface area contributed by atoms with Crippen LogP contribution in [0.2, 0.25) is 15.1 Å². The summed E-state index contributed by atoms with van der Waals surface area (Å²) in [6.45, 7) is 1.12. The lowest BCUT2D eigenvalue weighted by Gasteiger charge is -2.28. The number of nitrogens with zero attached hydrogens (tertiary/aromatic N) is 4. The van der Waals surface area contributed by atoms with Gasteiger partial charge in [0, 0.05) is 36.4 Å². The van der Waals surface area contributed by atoms with Gasteiger partial charge in [0.25, 0.3) is 17.7 Å². The molecule has 3 heterocycles. The van der Waals surface area contributed by atoms with E-state index >= 15 is 0 Å². The van der Waals surface area contributed by atoms with E-state index in [0.29, 0.717) is 13.1 Å². The van der Waals surface area contributed by atoms with Gasteiger partial charge in [0.15, 0.2) is 5.82 Å². The SMILES string of the molecule is O=C(NC1CC1)c1cc(Cl)cc(Cl)c1NC(=O)c1cc(OOC(=O)N2CCC2)nn1-c1ncccc1Cl. The Morgan fingerprint density at radius 1 is 1.03 bits per heavy atom. The maximum Gasteiger partial charge on any atom is 0.452 e. The van der Waals surface area contributed by atoms with Crippen molar-refractivity contribution in [2.24, 2.45) is 0 Å². The van der Waals surface area contributed by atoms with Crippen LogP contribution in [0.15, 0.2) is 36.5 Å². The molecule has 0 radical (unpaired) electrons. The number of hydrogen-bond acceptors (Lipinski definition) is 7. The molecule has 2 aromatic heterocycles. The molecule has 3 aromatic rings. The van der Waals surface area contributed by atoms with Crippen molar-refractivity contribution in [2.75, 3.05) is 18.4 Å². The zero-order valence-electron chi connectivity index (χ0n) is 19.0. The number of nitrogens with one attached hydrogen (secondary N) is 2. The predicted molar refractivity (Wildman–Crippen MR) is 135 cm³/mol. The van der Waals surface area contributed by atoms with Crippen molar-refractivity contribution in [1.82, 2.24) is 25.0 Å². The molecule has 1 aliphatic carbocycles. The van der Waals surface area contributed by atoms with Gasteiger partial charge in [0.05, 0.1) is 21.3 Å². The van der Waals surface area contributed by atoms with Crippen molar-refractivity contribution in [2.45, 2.75) is 25.3 Å². The van der Waals surface area contributed by atoms with Gasteiger partial charge in [-0.2, -0.15) is 0 Å². The molecule has 2 N–H and O–H groups in total. The van der Waals surface area contributed by atoms with Crippen LogP contribution < -0.4 is 15.5 Å². The molecule has 192 valence electrons. The highest BCUT2D eigenvalue weighted by atomic mass is 35.5. The van der Waals surface area contributed by atoms with E-state index in [1.807, 2.05) is 0 Å². The van der Waals surface area contributed by atoms with Crippen LogP contribution in [0.1, 0.15) is 40.1 Å². The molecule has 2 aliphatic rings. The molecule has 0 spiro atoms. The molecule has 37 heavy (non-hydrogen) atoms. The van der Waals surface area contributed by atoms with Gasteiger partial charge in [-0.05, 0) is 43.5 Å². The number of carbonyl (C=O) groups is 3. The zero-order valence-corrected chi connectivity index (χ0v) is 21.3. The minimum absolute atomic E-state index is 0.0563. The van der Waals surface area contributed by atoms with Gasteiger partial charge in [-0.3, -0.25) is 14.5 Å². The summed E-state index contributed by atoms with van der Waals surface area (Å²) in [6, 6.07) is 7.30. The smallest absolute Gasteiger partial charge is 0.349 e. The molecule has 1 saturated heterocycles. The fourth-order valence-corrected chi connectivity index (χ4v) is 4.18. The number of pyridine rings is 1. The normalized spacial score (nSPS) is 14.5. The van der Waals surface area contributed by atoms with Gasteiger partial charge in [-0.25, -0.2) is 19.3 Å². The molecule has 3 amide bonds. The Labute approximate surface area is 225 Å². The molecular formula is C23H19Cl3N6O5. The van der Waals surface area contributed by atoms with Crippen molar-refractivity contribution >= 4 is 58.4 Å². The minimum Gasteiger partial charge on any atom is -0.349 e. The van der Waals surface area contributed by atoms with E-state index in [-0.39, 0.29) is 49.8 Å². The Hall–Kier alpha value is -3.54. The number of amides is 3. The third kappa shape index (κ3) is 5.58. The van der Waals surface area contributed by atoms with Crippen molar-refractivity contribution in [3.8, 4) is 11.7 Å². The van der Waals surface area contributed by atoms with Crippen LogP contribution in [-0.4, -0.2) is 56.7 Å². The lowest BCUT2D eigenvalue weighted by Crippen LogP contribution is -2.42. The molecule has 1 aliphatic heterocycles. The second-order valence-electron chi connectivity index (χ2n) is 8.37. The second-order valence-corrected chi connectivity index (χ2v) is 9.62. The van der Waals surface area contributed by atoms with Gasteiger partial charge in [0.1, 0.15) is 5.69 Å². The highest BCUT2D eigenvalue weighted by Gasteiger charge is 2.28. The standard InChI is InChI=1S/C23H19Cl3N6O5/c24-12-9-14(21(33)28-13-4-5-13)19(16(26)10-12)29-22(34)17-11-18(36-37-23(35)31-7-2-8-31)30-32(17)20-15(25)3-1-6-27-20/h1,3,6,9-11,13H,2,4-5,7-8H2,(H,28,33)(H,29,34). The number of aromatic nitrogens is 3. The molecule has 5 rings (SSSR count). The lowest BCUT2D eigenvalue weighted by atomic mass is 10.1. The highest BCUT2D eigenvalue weighted by Crippen LogP contribution is 2.32. The Balaban J connectivity index is 1.45. The summed E-state index contributed by atoms with van der Waals surface area (Å²) >= 11 is 18.8. The molecule has 0 atom stereocenters. The first kappa shape index (κ1) is 25.1. The third-order valence-corrected chi connectivity index (χ3v) is 6.43. The summed E-state index contributed by atoms with van der Waals surface area (Å²) in [4.78, 5) is 53.8. The average Bonchev–Trinajstić information content (AvgIpc) is 3.53. The summed E-state index contributed by atoms with van der Waals surface area (Å²) in [6.07, 6.45) is 3.40. The maximum atomic E-state index is 13.4. The van der Waals surface area contributed by atoms with Gasteiger partial charge < -0.3 is 15.5 Å². The third-order valence-electron chi connectivity index (χ3n) is 5.62. The maximum absolute atomic E-state index is 13.4. The molecule has 1 aromatic carbocycles. The number of hydrogen-bond donors (Lipinski definition) is 2. The Morgan fingerprint density at radius 3 is 2.49 bits per heavy atom. The summed E-state index contributed by atoms with van der Waals surface area (Å²) in [7, 11) is 0. The van der Waals surface area contributed by atoms with Crippen molar-refractivity contribution in [3.63, 3.8) is 0 Å². The highest BCUT2D eigenvalue weighted by molar-refractivity contribution is 6.38. The van der Waals surface area contributed by atoms with Crippen LogP contribution in [-0.2, 0) is 4.89 Å². The van der Waals surface area contributed by atoms with E-state index < -0.39 is 17.9 Å². The average molecular weight is 566 g/mol. The minimum atomic E-state index is -0.720. The summed E-state index contributed by atoms with van der Waals surface area (Å²) in [5.41, 5.74) is 0.0653. The van der Waals surface area contributed by atoms with E-state index in [9.17, 15) is 14.4 Å². The van der Waals surface area contributed by atoms with Crippen LogP contribution >= 0.6 is 34.8 Å².